The van der Waals surface area contributed by atoms with E-state index in [2.05, 4.69) is 14.8 Å². The number of benzene rings is 2. The fraction of sp³-hybridized carbons (Fsp3) is 0.238. The van der Waals surface area contributed by atoms with Gasteiger partial charge in [-0.05, 0) is 24.5 Å². The van der Waals surface area contributed by atoms with Gasteiger partial charge in [-0.25, -0.2) is 17.7 Å². The molecule has 0 fully saturated rings. The molecule has 0 aliphatic rings. The van der Waals surface area contributed by atoms with E-state index in [9.17, 15) is 8.42 Å². The van der Waals surface area contributed by atoms with E-state index in [-0.39, 0.29) is 5.75 Å². The third-order valence-corrected chi connectivity index (χ3v) is 6.99. The predicted octanol–water partition coefficient (Wildman–Crippen LogP) is 3.47. The Morgan fingerprint density at radius 3 is 2.59 bits per heavy atom. The van der Waals surface area contributed by atoms with Crippen molar-refractivity contribution < 1.29 is 8.42 Å². The summed E-state index contributed by atoms with van der Waals surface area (Å²) in [7, 11) is -3.32. The minimum absolute atomic E-state index is 0.0802. The number of rotatable bonds is 8. The zero-order valence-electron chi connectivity index (χ0n) is 16.1. The lowest BCUT2D eigenvalue weighted by molar-refractivity contribution is 0.580. The van der Waals surface area contributed by atoms with Crippen molar-refractivity contribution in [1.29, 1.82) is 0 Å². The van der Waals surface area contributed by atoms with Crippen LogP contribution < -0.4 is 4.72 Å². The summed E-state index contributed by atoms with van der Waals surface area (Å²) in [4.78, 5) is 5.43. The highest BCUT2D eigenvalue weighted by Gasteiger charge is 2.14. The zero-order chi connectivity index (χ0) is 20.3. The van der Waals surface area contributed by atoms with Crippen molar-refractivity contribution in [3.05, 3.63) is 76.8 Å². The van der Waals surface area contributed by atoms with Crippen LogP contribution >= 0.6 is 11.3 Å². The third kappa shape index (κ3) is 4.72. The van der Waals surface area contributed by atoms with Crippen molar-refractivity contribution >= 4 is 26.3 Å². The zero-order valence-corrected chi connectivity index (χ0v) is 17.7. The number of thiazole rings is 1. The lowest BCUT2D eigenvalue weighted by Crippen LogP contribution is -2.29. The molecule has 2 aromatic carbocycles. The number of aromatic nitrogens is 3. The van der Waals surface area contributed by atoms with E-state index in [1.54, 1.807) is 0 Å². The Labute approximate surface area is 174 Å². The van der Waals surface area contributed by atoms with Gasteiger partial charge in [-0.3, -0.25) is 0 Å². The minimum Gasteiger partial charge on any atom is -0.215 e. The van der Waals surface area contributed by atoms with Gasteiger partial charge in [-0.15, -0.1) is 16.4 Å². The van der Waals surface area contributed by atoms with Crippen molar-refractivity contribution in [2.75, 3.05) is 12.3 Å². The molecule has 0 spiro atoms. The van der Waals surface area contributed by atoms with Crippen LogP contribution in [0.4, 0.5) is 0 Å². The second-order valence-electron chi connectivity index (χ2n) is 6.87. The van der Waals surface area contributed by atoms with Gasteiger partial charge in [-0.1, -0.05) is 54.6 Å². The number of hydrogen-bond acceptors (Lipinski definition) is 5. The molecule has 2 aromatic heterocycles. The highest BCUT2D eigenvalue weighted by molar-refractivity contribution is 7.89. The number of sulfonamides is 1. The molecular weight excluding hydrogens is 404 g/mol. The predicted molar refractivity (Wildman–Crippen MR) is 117 cm³/mol. The number of nitrogens with one attached hydrogen (secondary N) is 1. The Morgan fingerprint density at radius 2 is 1.79 bits per heavy atom. The lowest BCUT2D eigenvalue weighted by atomic mass is 10.1. The Hall–Kier alpha value is -2.55. The van der Waals surface area contributed by atoms with Gasteiger partial charge in [0.1, 0.15) is 0 Å². The second kappa shape index (κ2) is 8.44. The van der Waals surface area contributed by atoms with Crippen LogP contribution in [0.25, 0.3) is 16.3 Å². The van der Waals surface area contributed by atoms with Gasteiger partial charge >= 0.3 is 0 Å². The first-order valence-corrected chi connectivity index (χ1v) is 12.0. The van der Waals surface area contributed by atoms with E-state index in [0.717, 1.165) is 27.3 Å². The second-order valence-corrected chi connectivity index (χ2v) is 9.63. The van der Waals surface area contributed by atoms with E-state index in [4.69, 9.17) is 0 Å². The Kier molecular flexibility index (Phi) is 5.75. The first-order valence-electron chi connectivity index (χ1n) is 9.42. The number of nitrogens with zero attached hydrogens (tertiary/aromatic N) is 3. The normalized spacial score (nSPS) is 11.9. The first kappa shape index (κ1) is 19.8. The summed E-state index contributed by atoms with van der Waals surface area (Å²) in [5, 5.41) is 6.61. The topological polar surface area (TPSA) is 76.4 Å². The van der Waals surface area contributed by atoms with Crippen LogP contribution in [0.3, 0.4) is 0 Å². The molecular formula is C21H22N4O2S2. The Bertz CT molecular complexity index is 1210. The number of fused-ring (bicyclic) bond motifs is 1. The highest BCUT2D eigenvalue weighted by Crippen LogP contribution is 2.23. The fourth-order valence-electron chi connectivity index (χ4n) is 3.14. The van der Waals surface area contributed by atoms with Crippen molar-refractivity contribution in [3.8, 4) is 11.4 Å². The highest BCUT2D eigenvalue weighted by atomic mass is 32.2. The smallest absolute Gasteiger partial charge is 0.212 e. The molecule has 1 N–H and O–H groups in total. The molecule has 0 saturated carbocycles. The lowest BCUT2D eigenvalue weighted by Gasteiger charge is -2.06. The first-order chi connectivity index (χ1) is 14.0. The molecule has 0 aliphatic carbocycles. The van der Waals surface area contributed by atoms with Gasteiger partial charge in [0, 0.05) is 23.9 Å². The Morgan fingerprint density at radius 1 is 1.03 bits per heavy atom. The van der Waals surface area contributed by atoms with Crippen LogP contribution in [0.15, 0.2) is 60.0 Å². The van der Waals surface area contributed by atoms with Crippen LogP contribution in [-0.2, 0) is 22.9 Å². The average molecular weight is 427 g/mol. The van der Waals surface area contributed by atoms with Crippen LogP contribution in [0.2, 0.25) is 0 Å². The van der Waals surface area contributed by atoms with E-state index < -0.39 is 10.0 Å². The van der Waals surface area contributed by atoms with Crippen LogP contribution in [0, 0.1) is 6.92 Å². The van der Waals surface area contributed by atoms with Crippen LogP contribution in [-0.4, -0.2) is 35.3 Å². The summed E-state index contributed by atoms with van der Waals surface area (Å²) >= 11 is 1.51. The summed E-state index contributed by atoms with van der Waals surface area (Å²) in [5.41, 5.74) is 4.10. The van der Waals surface area contributed by atoms with E-state index in [1.165, 1.54) is 11.3 Å². The molecule has 0 atom stereocenters. The van der Waals surface area contributed by atoms with Crippen LogP contribution in [0.5, 0.6) is 0 Å². The molecule has 8 heteroatoms. The molecule has 0 bridgehead atoms. The largest absolute Gasteiger partial charge is 0.215 e. The van der Waals surface area contributed by atoms with E-state index >= 15 is 0 Å². The maximum atomic E-state index is 12.3. The summed E-state index contributed by atoms with van der Waals surface area (Å²) < 4.78 is 29.1. The molecule has 0 aliphatic heterocycles. The molecule has 2 heterocycles. The van der Waals surface area contributed by atoms with Crippen molar-refractivity contribution in [1.82, 2.24) is 19.3 Å². The van der Waals surface area contributed by atoms with Gasteiger partial charge < -0.3 is 0 Å². The van der Waals surface area contributed by atoms with Gasteiger partial charge in [0.05, 0.1) is 11.4 Å². The molecule has 4 rings (SSSR count). The summed E-state index contributed by atoms with van der Waals surface area (Å²) in [6.07, 6.45) is 1.06. The molecule has 0 radical (unpaired) electrons. The maximum Gasteiger partial charge on any atom is 0.212 e. The molecule has 4 aromatic rings. The van der Waals surface area contributed by atoms with E-state index in [1.807, 2.05) is 71.4 Å². The summed E-state index contributed by atoms with van der Waals surface area (Å²) in [6, 6.07) is 17.6. The van der Waals surface area contributed by atoms with Gasteiger partial charge in [0.15, 0.2) is 5.82 Å². The minimum atomic E-state index is -3.32. The summed E-state index contributed by atoms with van der Waals surface area (Å²) in [5.74, 6) is 0.774. The fourth-order valence-corrected chi connectivity index (χ4v) is 5.06. The maximum absolute atomic E-state index is 12.3. The van der Waals surface area contributed by atoms with Gasteiger partial charge in [0.25, 0.3) is 0 Å². The average Bonchev–Trinajstić information content (AvgIpc) is 3.29. The van der Waals surface area contributed by atoms with Crippen LogP contribution in [0.1, 0.15) is 16.8 Å². The van der Waals surface area contributed by atoms with Crippen molar-refractivity contribution in [2.45, 2.75) is 19.8 Å². The summed E-state index contributed by atoms with van der Waals surface area (Å²) in [6.45, 7) is 2.37. The molecule has 150 valence electrons. The van der Waals surface area contributed by atoms with Gasteiger partial charge in [0.2, 0.25) is 15.0 Å². The van der Waals surface area contributed by atoms with Crippen molar-refractivity contribution in [2.24, 2.45) is 0 Å². The molecule has 0 unspecified atom stereocenters. The standard InChI is InChI=1S/C21H22N4O2S2/c1-16-7-5-6-10-19(16)20-23-21-25(24-20)18(15-28-21)11-13-22-29(26,27)14-12-17-8-3-2-4-9-17/h2-10,15,22H,11-14H2,1H3. The third-order valence-electron chi connectivity index (χ3n) is 4.74. The SMILES string of the molecule is Cc1ccccc1-c1nc2scc(CCNS(=O)(=O)CCc3ccccc3)n2n1. The van der Waals surface area contributed by atoms with E-state index in [0.29, 0.717) is 25.2 Å². The number of hydrogen-bond donors (Lipinski definition) is 1. The molecule has 0 saturated heterocycles. The molecule has 0 amide bonds. The quantitative estimate of drug-likeness (QED) is 0.468. The Balaban J connectivity index is 1.39. The van der Waals surface area contributed by atoms with Crippen molar-refractivity contribution in [3.63, 3.8) is 0 Å². The molecule has 6 nitrogen and oxygen atoms in total. The van der Waals surface area contributed by atoms with Gasteiger partial charge in [-0.2, -0.15) is 4.98 Å². The molecule has 29 heavy (non-hydrogen) atoms. The number of aryl methyl sites for hydroxylation is 2. The monoisotopic (exact) mass is 426 g/mol.